The number of guanidine groups is 1. The van der Waals surface area contributed by atoms with E-state index in [2.05, 4.69) is 20.3 Å². The topological polar surface area (TPSA) is 52.9 Å². The average molecular weight is 408 g/mol. The monoisotopic (exact) mass is 407 g/mol. The van der Waals surface area contributed by atoms with Gasteiger partial charge < -0.3 is 10.2 Å². The average Bonchev–Trinajstić information content (AvgIpc) is 3.09. The molecule has 2 aromatic rings. The van der Waals surface area contributed by atoms with Gasteiger partial charge in [-0.25, -0.2) is 9.98 Å². The van der Waals surface area contributed by atoms with Crippen molar-refractivity contribution in [3.63, 3.8) is 0 Å². The number of nitrogens with zero attached hydrogens (tertiary/aromatic N) is 4. The Hall–Kier alpha value is -2.61. The van der Waals surface area contributed by atoms with Gasteiger partial charge in [0.1, 0.15) is 11.0 Å². The van der Waals surface area contributed by atoms with Gasteiger partial charge in [-0.05, 0) is 37.1 Å². The number of hydrogen-bond acceptors (Lipinski definition) is 5. The van der Waals surface area contributed by atoms with E-state index in [0.29, 0.717) is 35.6 Å². The van der Waals surface area contributed by atoms with Gasteiger partial charge in [0.25, 0.3) is 0 Å². The Labute approximate surface area is 165 Å². The molecule has 0 saturated carbocycles. The number of hydrogen-bond donors (Lipinski definition) is 1. The van der Waals surface area contributed by atoms with Crippen molar-refractivity contribution in [2.75, 3.05) is 18.0 Å². The van der Waals surface area contributed by atoms with Crippen LogP contribution < -0.4 is 10.2 Å². The Bertz CT molecular complexity index is 1000. The van der Waals surface area contributed by atoms with Crippen molar-refractivity contribution in [3.05, 3.63) is 57.9 Å². The molecule has 0 fully saturated rings. The van der Waals surface area contributed by atoms with Crippen LogP contribution in [0.5, 0.6) is 0 Å². The maximum atomic E-state index is 13.3. The van der Waals surface area contributed by atoms with Crippen molar-refractivity contribution in [1.29, 1.82) is 0 Å². The molecule has 1 aromatic heterocycles. The van der Waals surface area contributed by atoms with Gasteiger partial charge in [0.15, 0.2) is 0 Å². The van der Waals surface area contributed by atoms with Crippen molar-refractivity contribution in [3.8, 4) is 0 Å². The molecular weight excluding hydrogens is 391 g/mol. The van der Waals surface area contributed by atoms with E-state index < -0.39 is 17.8 Å². The van der Waals surface area contributed by atoms with Crippen LogP contribution in [0.25, 0.3) is 0 Å². The van der Waals surface area contributed by atoms with Gasteiger partial charge in [-0.3, -0.25) is 0 Å². The molecule has 0 aliphatic carbocycles. The minimum absolute atomic E-state index is 0.194. The van der Waals surface area contributed by atoms with Crippen LogP contribution in [-0.2, 0) is 6.18 Å². The molecule has 28 heavy (non-hydrogen) atoms. The van der Waals surface area contributed by atoms with Gasteiger partial charge >= 0.3 is 6.18 Å². The molecule has 1 unspecified atom stereocenters. The van der Waals surface area contributed by atoms with E-state index in [-0.39, 0.29) is 5.56 Å². The first kappa shape index (κ1) is 18.7. The molecule has 0 spiro atoms. The van der Waals surface area contributed by atoms with Gasteiger partial charge in [0.05, 0.1) is 30.0 Å². The normalized spacial score (nSPS) is 16.9. The highest BCUT2D eigenvalue weighted by Crippen LogP contribution is 2.35. The minimum atomic E-state index is -4.40. The molecule has 0 saturated heterocycles. The first-order valence-electron chi connectivity index (χ1n) is 8.75. The van der Waals surface area contributed by atoms with Crippen LogP contribution in [0.15, 0.2) is 40.4 Å². The Kier molecular flexibility index (Phi) is 4.53. The third-order valence-corrected chi connectivity index (χ3v) is 5.13. The third-order valence-electron chi connectivity index (χ3n) is 4.93. The summed E-state index contributed by atoms with van der Waals surface area (Å²) in [5.41, 5.74) is 1.68. The quantitative estimate of drug-likeness (QED) is 0.753. The summed E-state index contributed by atoms with van der Waals surface area (Å²) in [5.74, 6) is 1.08. The van der Waals surface area contributed by atoms with E-state index in [1.165, 1.54) is 13.0 Å². The molecule has 3 heterocycles. The highest BCUT2D eigenvalue weighted by molar-refractivity contribution is 6.30. The zero-order valence-electron chi connectivity index (χ0n) is 15.2. The van der Waals surface area contributed by atoms with Crippen LogP contribution >= 0.6 is 11.6 Å². The molecule has 5 nitrogen and oxygen atoms in total. The van der Waals surface area contributed by atoms with Crippen molar-refractivity contribution in [2.24, 2.45) is 9.98 Å². The Balaban J connectivity index is 1.71. The van der Waals surface area contributed by atoms with Crippen molar-refractivity contribution < 1.29 is 13.2 Å². The fraction of sp³-hybridized carbons (Fsp3) is 0.316. The predicted octanol–water partition coefficient (Wildman–Crippen LogP) is 4.35. The lowest BCUT2D eigenvalue weighted by atomic mass is 9.97. The van der Waals surface area contributed by atoms with Crippen LogP contribution in [0.1, 0.15) is 35.2 Å². The first-order chi connectivity index (χ1) is 13.3. The second-order valence-corrected chi connectivity index (χ2v) is 7.09. The van der Waals surface area contributed by atoms with Gasteiger partial charge in [-0.2, -0.15) is 18.2 Å². The maximum Gasteiger partial charge on any atom is 0.416 e. The lowest BCUT2D eigenvalue weighted by Crippen LogP contribution is -2.38. The third kappa shape index (κ3) is 3.22. The lowest BCUT2D eigenvalue weighted by molar-refractivity contribution is -0.138. The van der Waals surface area contributed by atoms with E-state index in [1.54, 1.807) is 25.3 Å². The second-order valence-electron chi connectivity index (χ2n) is 6.70. The molecule has 2 aliphatic rings. The number of fused-ring (bicyclic) bond motifs is 3. The van der Waals surface area contributed by atoms with Gasteiger partial charge in [-0.1, -0.05) is 23.7 Å². The fourth-order valence-corrected chi connectivity index (χ4v) is 3.73. The van der Waals surface area contributed by atoms with Crippen LogP contribution in [0.4, 0.5) is 18.9 Å². The number of aliphatic imine (C=N–C) groups is 2. The SMILES string of the molecule is Cc1c(C(C)NC2=NC3=NCCN3c3cnc(Cl)cc32)cccc1C(F)(F)F. The van der Waals surface area contributed by atoms with E-state index in [0.717, 1.165) is 17.3 Å². The van der Waals surface area contributed by atoms with Gasteiger partial charge in [0.2, 0.25) is 5.96 Å². The molecule has 0 radical (unpaired) electrons. The van der Waals surface area contributed by atoms with Crippen molar-refractivity contribution in [2.45, 2.75) is 26.1 Å². The maximum absolute atomic E-state index is 13.3. The summed E-state index contributed by atoms with van der Waals surface area (Å²) in [6.45, 7) is 4.61. The van der Waals surface area contributed by atoms with E-state index >= 15 is 0 Å². The number of anilines is 1. The van der Waals surface area contributed by atoms with E-state index in [9.17, 15) is 13.2 Å². The van der Waals surface area contributed by atoms with Crippen molar-refractivity contribution in [1.82, 2.24) is 10.3 Å². The highest BCUT2D eigenvalue weighted by Gasteiger charge is 2.34. The Morgan fingerprint density at radius 2 is 2.07 bits per heavy atom. The highest BCUT2D eigenvalue weighted by atomic mass is 35.5. The zero-order chi connectivity index (χ0) is 20.1. The van der Waals surface area contributed by atoms with Gasteiger partial charge in [-0.15, -0.1) is 0 Å². The van der Waals surface area contributed by atoms with E-state index in [1.807, 2.05) is 4.90 Å². The van der Waals surface area contributed by atoms with Crippen LogP contribution in [-0.4, -0.2) is 29.9 Å². The minimum Gasteiger partial charge on any atom is -0.363 e. The molecule has 146 valence electrons. The van der Waals surface area contributed by atoms with Crippen molar-refractivity contribution >= 4 is 29.1 Å². The zero-order valence-corrected chi connectivity index (χ0v) is 15.9. The Morgan fingerprint density at radius 1 is 1.29 bits per heavy atom. The van der Waals surface area contributed by atoms with E-state index in [4.69, 9.17) is 11.6 Å². The summed E-state index contributed by atoms with van der Waals surface area (Å²) in [6.07, 6.45) is -2.73. The molecule has 1 aromatic carbocycles. The number of amidine groups is 1. The van der Waals surface area contributed by atoms with Crippen LogP contribution in [0.3, 0.4) is 0 Å². The molecule has 2 aliphatic heterocycles. The number of rotatable bonds is 2. The number of nitrogens with one attached hydrogen (secondary N) is 1. The number of alkyl halides is 3. The molecule has 1 N–H and O–H groups in total. The predicted molar refractivity (Wildman–Crippen MR) is 103 cm³/mol. The fourth-order valence-electron chi connectivity index (χ4n) is 3.57. The summed E-state index contributed by atoms with van der Waals surface area (Å²) >= 11 is 6.07. The smallest absolute Gasteiger partial charge is 0.363 e. The number of pyridine rings is 1. The second kappa shape index (κ2) is 6.77. The molecule has 1 atom stereocenters. The largest absolute Gasteiger partial charge is 0.416 e. The van der Waals surface area contributed by atoms with Crippen LogP contribution in [0.2, 0.25) is 5.15 Å². The molecule has 0 bridgehead atoms. The summed E-state index contributed by atoms with van der Waals surface area (Å²) < 4.78 is 39.8. The van der Waals surface area contributed by atoms with Gasteiger partial charge in [0, 0.05) is 12.1 Å². The summed E-state index contributed by atoms with van der Waals surface area (Å²) in [5, 5.41) is 3.55. The molecule has 4 rings (SSSR count). The first-order valence-corrected chi connectivity index (χ1v) is 9.13. The molecule has 9 heteroatoms. The standard InChI is InChI=1S/C19H17ClF3N5/c1-10-12(4-3-5-14(10)19(21,22)23)11(2)26-17-13-8-16(20)25-9-15(13)28-7-6-24-18(28)27-17/h3-5,8-9,11H,6-7H2,1-2H3,(H,24,26,27). The molecular formula is C19H17ClF3N5. The Morgan fingerprint density at radius 3 is 2.82 bits per heavy atom. The number of aromatic nitrogens is 1. The summed E-state index contributed by atoms with van der Waals surface area (Å²) in [7, 11) is 0. The lowest BCUT2D eigenvalue weighted by Gasteiger charge is -2.29. The number of benzene rings is 1. The molecule has 0 amide bonds. The number of halogens is 4. The summed E-state index contributed by atoms with van der Waals surface area (Å²) in [4.78, 5) is 15.0. The van der Waals surface area contributed by atoms with Crippen LogP contribution in [0, 0.1) is 6.92 Å². The summed E-state index contributed by atoms with van der Waals surface area (Å²) in [6, 6.07) is 5.49.